The molecular weight excluding hydrogens is 420 g/mol. The minimum atomic E-state index is -0.350. The molecule has 0 bridgehead atoms. The van der Waals surface area contributed by atoms with Gasteiger partial charge in [-0.3, -0.25) is 4.68 Å². The van der Waals surface area contributed by atoms with Crippen molar-refractivity contribution in [1.29, 1.82) is 5.53 Å². The molecule has 1 saturated carbocycles. The van der Waals surface area contributed by atoms with Crippen LogP contribution in [0.3, 0.4) is 0 Å². The lowest BCUT2D eigenvalue weighted by molar-refractivity contribution is 0.183. The normalized spacial score (nSPS) is 15.3. The maximum absolute atomic E-state index is 7.00. The Balaban J connectivity index is 1.42. The van der Waals surface area contributed by atoms with Crippen LogP contribution in [0.1, 0.15) is 31.2 Å². The first kappa shape index (κ1) is 21.1. The van der Waals surface area contributed by atoms with Gasteiger partial charge in [0.15, 0.2) is 5.82 Å². The van der Waals surface area contributed by atoms with Crippen LogP contribution in [-0.2, 0) is 16.7 Å². The average molecular weight is 444 g/mol. The highest BCUT2D eigenvalue weighted by atomic mass is 16.5. The van der Waals surface area contributed by atoms with E-state index in [1.165, 1.54) is 0 Å². The zero-order valence-corrected chi connectivity index (χ0v) is 18.5. The second-order valence-corrected chi connectivity index (χ2v) is 8.35. The average Bonchev–Trinajstić information content (AvgIpc) is 3.41. The Morgan fingerprint density at radius 2 is 1.88 bits per heavy atom. The van der Waals surface area contributed by atoms with E-state index in [9.17, 15) is 0 Å². The van der Waals surface area contributed by atoms with Gasteiger partial charge in [0.2, 0.25) is 0 Å². The zero-order chi connectivity index (χ0) is 22.8. The lowest BCUT2D eigenvalue weighted by atomic mass is 9.77. The van der Waals surface area contributed by atoms with Gasteiger partial charge < -0.3 is 9.26 Å². The van der Waals surface area contributed by atoms with Crippen LogP contribution < -0.4 is 0 Å². The summed E-state index contributed by atoms with van der Waals surface area (Å²) in [6.07, 6.45) is 9.23. The first-order valence-corrected chi connectivity index (χ1v) is 10.8. The van der Waals surface area contributed by atoms with E-state index in [0.29, 0.717) is 30.8 Å². The highest BCUT2D eigenvalue weighted by Gasteiger charge is 2.47. The molecule has 168 valence electrons. The minimum absolute atomic E-state index is 0.147. The van der Waals surface area contributed by atoms with Crippen molar-refractivity contribution in [3.8, 4) is 22.6 Å². The summed E-state index contributed by atoms with van der Waals surface area (Å²) in [4.78, 5) is 12.9. The first-order chi connectivity index (χ1) is 16.1. The van der Waals surface area contributed by atoms with E-state index in [1.54, 1.807) is 30.4 Å². The van der Waals surface area contributed by atoms with Crippen LogP contribution in [0.5, 0.6) is 0 Å². The van der Waals surface area contributed by atoms with E-state index in [4.69, 9.17) is 19.8 Å². The standard InChI is InChI=1S/C23H24N8O2/c1-23(19-7-8-19,18-5-3-15(4-6-18)16-11-25-22(29-24)26-12-16)21-28-20(33-30-21)17-13-27-31(14-17)9-10-32-2/h3-6,11-14,19,24H,7-10H2,1-2H3/t23-/m1/s1. The van der Waals surface area contributed by atoms with Gasteiger partial charge in [-0.2, -0.15) is 10.1 Å². The molecular formula is C23H24N8O2. The third-order valence-electron chi connectivity index (χ3n) is 6.25. The number of hydrogen-bond acceptors (Lipinski definition) is 9. The molecule has 1 N–H and O–H groups in total. The van der Waals surface area contributed by atoms with E-state index in [1.807, 2.05) is 18.3 Å². The Hall–Kier alpha value is -3.79. The summed E-state index contributed by atoms with van der Waals surface area (Å²) in [5.74, 6) is 1.75. The fourth-order valence-electron chi connectivity index (χ4n) is 4.08. The number of ether oxygens (including phenoxy) is 1. The third-order valence-corrected chi connectivity index (χ3v) is 6.25. The Labute approximate surface area is 190 Å². The SMILES string of the molecule is COCCn1cc(-c2nc([C@](C)(c3ccc(-c4cnc(N=N)nc4)cc3)C3CC3)no2)cn1. The molecule has 3 aromatic heterocycles. The quantitative estimate of drug-likeness (QED) is 0.379. The molecule has 1 aliphatic carbocycles. The topological polar surface area (TPSA) is 128 Å². The van der Waals surface area contributed by atoms with Gasteiger partial charge in [0, 0.05) is 31.3 Å². The molecule has 0 unspecified atom stereocenters. The summed E-state index contributed by atoms with van der Waals surface area (Å²) in [7, 11) is 1.67. The summed E-state index contributed by atoms with van der Waals surface area (Å²) in [5.41, 5.74) is 10.4. The van der Waals surface area contributed by atoms with Crippen LogP contribution in [0.15, 0.2) is 58.7 Å². The minimum Gasteiger partial charge on any atom is -0.383 e. The van der Waals surface area contributed by atoms with Crippen molar-refractivity contribution in [3.63, 3.8) is 0 Å². The molecule has 0 amide bonds. The molecule has 0 spiro atoms. The highest BCUT2D eigenvalue weighted by Crippen LogP contribution is 2.50. The lowest BCUT2D eigenvalue weighted by Crippen LogP contribution is -2.28. The number of methoxy groups -OCH3 is 1. The number of hydrogen-bond donors (Lipinski definition) is 1. The molecule has 33 heavy (non-hydrogen) atoms. The van der Waals surface area contributed by atoms with E-state index in [-0.39, 0.29) is 11.4 Å². The summed E-state index contributed by atoms with van der Waals surface area (Å²) in [5, 5.41) is 12.0. The van der Waals surface area contributed by atoms with Crippen molar-refractivity contribution in [3.05, 3.63) is 60.4 Å². The van der Waals surface area contributed by atoms with E-state index < -0.39 is 0 Å². The van der Waals surface area contributed by atoms with Crippen LogP contribution in [0.2, 0.25) is 0 Å². The Bertz CT molecular complexity index is 1240. The molecule has 3 heterocycles. The van der Waals surface area contributed by atoms with Crippen LogP contribution in [0.4, 0.5) is 5.95 Å². The number of benzene rings is 1. The van der Waals surface area contributed by atoms with E-state index in [2.05, 4.69) is 44.4 Å². The number of rotatable bonds is 9. The van der Waals surface area contributed by atoms with Crippen molar-refractivity contribution >= 4 is 5.95 Å². The number of aromatic nitrogens is 6. The van der Waals surface area contributed by atoms with Gasteiger partial charge in [-0.15, -0.1) is 5.11 Å². The Morgan fingerprint density at radius 3 is 2.55 bits per heavy atom. The Kier molecular flexibility index (Phi) is 5.51. The van der Waals surface area contributed by atoms with Gasteiger partial charge in [0.1, 0.15) is 0 Å². The number of nitrogens with zero attached hydrogens (tertiary/aromatic N) is 7. The molecule has 5 rings (SSSR count). The zero-order valence-electron chi connectivity index (χ0n) is 18.5. The fourth-order valence-corrected chi connectivity index (χ4v) is 4.08. The van der Waals surface area contributed by atoms with Crippen molar-refractivity contribution in [2.75, 3.05) is 13.7 Å². The smallest absolute Gasteiger partial charge is 0.268 e. The van der Waals surface area contributed by atoms with Gasteiger partial charge >= 0.3 is 0 Å². The predicted molar refractivity (Wildman–Crippen MR) is 119 cm³/mol. The molecule has 1 fully saturated rings. The van der Waals surface area contributed by atoms with Crippen molar-refractivity contribution in [1.82, 2.24) is 29.9 Å². The fraction of sp³-hybridized carbons (Fsp3) is 0.348. The van der Waals surface area contributed by atoms with Gasteiger partial charge in [-0.05, 0) is 36.8 Å². The van der Waals surface area contributed by atoms with Gasteiger partial charge in [0.25, 0.3) is 11.8 Å². The van der Waals surface area contributed by atoms with Crippen LogP contribution in [-0.4, -0.2) is 43.6 Å². The molecule has 0 saturated heterocycles. The summed E-state index contributed by atoms with van der Waals surface area (Å²) in [6, 6.07) is 8.31. The molecule has 4 aromatic rings. The maximum atomic E-state index is 7.00. The predicted octanol–water partition coefficient (Wildman–Crippen LogP) is 4.41. The summed E-state index contributed by atoms with van der Waals surface area (Å²) < 4.78 is 12.6. The molecule has 1 atom stereocenters. The lowest BCUT2D eigenvalue weighted by Gasteiger charge is -2.27. The maximum Gasteiger partial charge on any atom is 0.268 e. The molecule has 1 aromatic carbocycles. The third kappa shape index (κ3) is 4.05. The molecule has 10 nitrogen and oxygen atoms in total. The first-order valence-electron chi connectivity index (χ1n) is 10.8. The van der Waals surface area contributed by atoms with E-state index in [0.717, 1.165) is 35.1 Å². The Morgan fingerprint density at radius 1 is 1.12 bits per heavy atom. The van der Waals surface area contributed by atoms with Gasteiger partial charge in [0.05, 0.1) is 30.3 Å². The summed E-state index contributed by atoms with van der Waals surface area (Å²) in [6.45, 7) is 3.43. The van der Waals surface area contributed by atoms with E-state index >= 15 is 0 Å². The van der Waals surface area contributed by atoms with Crippen molar-refractivity contribution < 1.29 is 9.26 Å². The molecule has 0 radical (unpaired) electrons. The second-order valence-electron chi connectivity index (χ2n) is 8.35. The molecule has 10 heteroatoms. The van der Waals surface area contributed by atoms with Crippen molar-refractivity contribution in [2.24, 2.45) is 11.0 Å². The second kappa shape index (κ2) is 8.62. The van der Waals surface area contributed by atoms with Crippen LogP contribution >= 0.6 is 0 Å². The number of nitrogens with one attached hydrogen (secondary N) is 1. The van der Waals surface area contributed by atoms with Gasteiger partial charge in [-0.1, -0.05) is 29.4 Å². The molecule has 1 aliphatic rings. The molecule has 0 aliphatic heterocycles. The van der Waals surface area contributed by atoms with Gasteiger partial charge in [-0.25, -0.2) is 15.5 Å². The van der Waals surface area contributed by atoms with Crippen LogP contribution in [0, 0.1) is 11.4 Å². The monoisotopic (exact) mass is 444 g/mol. The highest BCUT2D eigenvalue weighted by molar-refractivity contribution is 5.62. The van der Waals surface area contributed by atoms with Crippen LogP contribution in [0.25, 0.3) is 22.6 Å². The summed E-state index contributed by atoms with van der Waals surface area (Å²) >= 11 is 0. The van der Waals surface area contributed by atoms with Crippen molar-refractivity contribution in [2.45, 2.75) is 31.7 Å². The largest absolute Gasteiger partial charge is 0.383 e.